The summed E-state index contributed by atoms with van der Waals surface area (Å²) in [6.45, 7) is -0.164. The summed E-state index contributed by atoms with van der Waals surface area (Å²) in [7, 11) is 0. The number of non-ortho nitro benzene ring substituents is 1. The van der Waals surface area contributed by atoms with Crippen molar-refractivity contribution in [3.8, 4) is 0 Å². The molecule has 2 atom stereocenters. The summed E-state index contributed by atoms with van der Waals surface area (Å²) in [6.07, 6.45) is -0.769. The van der Waals surface area contributed by atoms with Crippen LogP contribution in [-0.4, -0.2) is 27.8 Å². The molecular formula is C11H12N2O5. The predicted octanol–water partition coefficient (Wildman–Crippen LogP) is 1.07. The van der Waals surface area contributed by atoms with E-state index in [1.807, 2.05) is 0 Å². The van der Waals surface area contributed by atoms with Gasteiger partial charge in [0, 0.05) is 24.7 Å². The lowest BCUT2D eigenvalue weighted by Gasteiger charge is -2.17. The highest BCUT2D eigenvalue weighted by atomic mass is 16.6. The highest BCUT2D eigenvalue weighted by Crippen LogP contribution is 2.52. The van der Waals surface area contributed by atoms with Crippen LogP contribution < -0.4 is 5.32 Å². The third-order valence-electron chi connectivity index (χ3n) is 3.23. The Bertz CT molecular complexity index is 504. The van der Waals surface area contributed by atoms with Gasteiger partial charge in [-0.3, -0.25) is 10.1 Å². The van der Waals surface area contributed by atoms with Gasteiger partial charge in [-0.1, -0.05) is 12.1 Å². The normalized spacial score (nSPS) is 25.5. The first-order chi connectivity index (χ1) is 8.49. The van der Waals surface area contributed by atoms with Gasteiger partial charge in [0.05, 0.1) is 10.5 Å². The van der Waals surface area contributed by atoms with Gasteiger partial charge in [0.25, 0.3) is 5.69 Å². The quantitative estimate of drug-likeness (QED) is 0.548. The van der Waals surface area contributed by atoms with E-state index in [0.29, 0.717) is 12.0 Å². The number of hydrogen-bond donors (Lipinski definition) is 3. The van der Waals surface area contributed by atoms with Crippen molar-refractivity contribution in [2.45, 2.75) is 12.0 Å². The summed E-state index contributed by atoms with van der Waals surface area (Å²) >= 11 is 0. The van der Waals surface area contributed by atoms with Crippen LogP contribution in [0.5, 0.6) is 0 Å². The summed E-state index contributed by atoms with van der Waals surface area (Å²) in [5.74, 6) is -0.240. The number of carbonyl (C=O) groups is 1. The molecule has 0 aliphatic heterocycles. The third kappa shape index (κ3) is 2.00. The van der Waals surface area contributed by atoms with Gasteiger partial charge in [0.1, 0.15) is 0 Å². The first kappa shape index (κ1) is 12.3. The molecule has 96 valence electrons. The van der Waals surface area contributed by atoms with E-state index in [9.17, 15) is 14.9 Å². The lowest BCUT2D eigenvalue weighted by Crippen LogP contribution is -2.36. The summed E-state index contributed by atoms with van der Waals surface area (Å²) in [5.41, 5.74) is -0.479. The number of hydrogen-bond acceptors (Lipinski definition) is 4. The molecule has 1 aliphatic carbocycles. The van der Waals surface area contributed by atoms with E-state index in [0.717, 1.165) is 0 Å². The molecule has 7 heteroatoms. The highest BCUT2D eigenvalue weighted by Gasteiger charge is 2.56. The van der Waals surface area contributed by atoms with Crippen LogP contribution in [0.2, 0.25) is 0 Å². The fourth-order valence-electron chi connectivity index (χ4n) is 2.22. The van der Waals surface area contributed by atoms with E-state index >= 15 is 0 Å². The van der Waals surface area contributed by atoms with E-state index < -0.39 is 16.6 Å². The van der Waals surface area contributed by atoms with Crippen molar-refractivity contribution in [2.24, 2.45) is 5.92 Å². The zero-order valence-corrected chi connectivity index (χ0v) is 9.37. The fourth-order valence-corrected chi connectivity index (χ4v) is 2.22. The minimum absolute atomic E-state index is 0.0948. The topological polar surface area (TPSA) is 113 Å². The molecule has 0 unspecified atom stereocenters. The molecule has 1 fully saturated rings. The van der Waals surface area contributed by atoms with Crippen LogP contribution in [0.15, 0.2) is 24.3 Å². The maximum atomic E-state index is 10.8. The Morgan fingerprint density at radius 3 is 2.83 bits per heavy atom. The number of aliphatic hydroxyl groups is 1. The largest absolute Gasteiger partial charge is 0.465 e. The molecule has 7 nitrogen and oxygen atoms in total. The third-order valence-corrected chi connectivity index (χ3v) is 3.23. The molecule has 0 radical (unpaired) electrons. The van der Waals surface area contributed by atoms with Gasteiger partial charge in [0.15, 0.2) is 0 Å². The summed E-state index contributed by atoms with van der Waals surface area (Å²) < 4.78 is 0. The van der Waals surface area contributed by atoms with E-state index in [1.54, 1.807) is 6.07 Å². The fraction of sp³-hybridized carbons (Fsp3) is 0.364. The molecule has 1 amide bonds. The van der Waals surface area contributed by atoms with Crippen LogP contribution in [-0.2, 0) is 5.54 Å². The predicted molar refractivity (Wildman–Crippen MR) is 61.1 cm³/mol. The Morgan fingerprint density at radius 2 is 2.33 bits per heavy atom. The zero-order valence-electron chi connectivity index (χ0n) is 9.37. The van der Waals surface area contributed by atoms with Crippen molar-refractivity contribution in [3.05, 3.63) is 39.9 Å². The second-order valence-corrected chi connectivity index (χ2v) is 4.29. The van der Waals surface area contributed by atoms with Crippen LogP contribution >= 0.6 is 0 Å². The molecule has 0 heterocycles. The van der Waals surface area contributed by atoms with Crippen LogP contribution in [0.4, 0.5) is 10.5 Å². The number of benzene rings is 1. The number of carboxylic acid groups (broad SMARTS) is 1. The van der Waals surface area contributed by atoms with Crippen LogP contribution in [0.25, 0.3) is 0 Å². The van der Waals surface area contributed by atoms with Gasteiger partial charge in [-0.2, -0.15) is 0 Å². The smallest absolute Gasteiger partial charge is 0.405 e. The average Bonchev–Trinajstić information content (AvgIpc) is 3.03. The lowest BCUT2D eigenvalue weighted by molar-refractivity contribution is -0.385. The summed E-state index contributed by atoms with van der Waals surface area (Å²) in [5, 5.41) is 31.0. The monoisotopic (exact) mass is 252 g/mol. The minimum Gasteiger partial charge on any atom is -0.465 e. The molecule has 0 spiro atoms. The van der Waals surface area contributed by atoms with Gasteiger partial charge >= 0.3 is 6.09 Å². The minimum atomic E-state index is -1.21. The Balaban J connectivity index is 2.36. The van der Waals surface area contributed by atoms with Crippen molar-refractivity contribution in [1.82, 2.24) is 5.32 Å². The van der Waals surface area contributed by atoms with Gasteiger partial charge in [-0.25, -0.2) is 4.79 Å². The molecule has 3 N–H and O–H groups in total. The molecule has 1 aromatic carbocycles. The van der Waals surface area contributed by atoms with Crippen molar-refractivity contribution in [1.29, 1.82) is 0 Å². The summed E-state index contributed by atoms with van der Waals surface area (Å²) in [4.78, 5) is 20.9. The van der Waals surface area contributed by atoms with Crippen LogP contribution in [0, 0.1) is 16.0 Å². The average molecular weight is 252 g/mol. The molecule has 1 aromatic rings. The number of aliphatic hydroxyl groups excluding tert-OH is 1. The summed E-state index contributed by atoms with van der Waals surface area (Å²) in [6, 6.07) is 5.81. The van der Waals surface area contributed by atoms with Gasteiger partial charge in [0.2, 0.25) is 0 Å². The number of nitro benzene ring substituents is 1. The van der Waals surface area contributed by atoms with E-state index in [-0.39, 0.29) is 18.2 Å². The Kier molecular flexibility index (Phi) is 2.92. The number of nitro groups is 1. The van der Waals surface area contributed by atoms with Crippen molar-refractivity contribution >= 4 is 11.8 Å². The Morgan fingerprint density at radius 1 is 1.61 bits per heavy atom. The van der Waals surface area contributed by atoms with E-state index in [2.05, 4.69) is 5.32 Å². The molecule has 18 heavy (non-hydrogen) atoms. The number of nitrogens with one attached hydrogen (secondary N) is 1. The highest BCUT2D eigenvalue weighted by molar-refractivity contribution is 5.67. The van der Waals surface area contributed by atoms with Gasteiger partial charge < -0.3 is 15.5 Å². The van der Waals surface area contributed by atoms with E-state index in [4.69, 9.17) is 10.2 Å². The number of nitrogens with zero attached hydrogens (tertiary/aromatic N) is 1. The first-order valence-electron chi connectivity index (χ1n) is 5.36. The molecule has 2 rings (SSSR count). The first-order valence-corrected chi connectivity index (χ1v) is 5.36. The molecule has 1 saturated carbocycles. The van der Waals surface area contributed by atoms with Gasteiger partial charge in [-0.15, -0.1) is 0 Å². The number of amides is 1. The molecule has 0 bridgehead atoms. The second-order valence-electron chi connectivity index (χ2n) is 4.29. The Labute approximate surface area is 102 Å². The van der Waals surface area contributed by atoms with Crippen molar-refractivity contribution in [2.75, 3.05) is 6.61 Å². The van der Waals surface area contributed by atoms with Crippen LogP contribution in [0.1, 0.15) is 12.0 Å². The van der Waals surface area contributed by atoms with E-state index in [1.165, 1.54) is 18.2 Å². The number of rotatable bonds is 4. The molecule has 1 aliphatic rings. The second kappa shape index (κ2) is 4.26. The van der Waals surface area contributed by atoms with Crippen LogP contribution in [0.3, 0.4) is 0 Å². The Hall–Kier alpha value is -2.15. The molecule has 0 saturated heterocycles. The van der Waals surface area contributed by atoms with Crippen molar-refractivity contribution < 1.29 is 19.9 Å². The van der Waals surface area contributed by atoms with Gasteiger partial charge in [-0.05, 0) is 12.0 Å². The maximum absolute atomic E-state index is 10.8. The lowest BCUT2D eigenvalue weighted by atomic mass is 10.0. The molecular weight excluding hydrogens is 240 g/mol. The standard InChI is InChI=1S/C11H12N2O5/c14-6-8-5-11(8,12-10(15)16)7-2-1-3-9(4-7)13(17)18/h1-4,8,12,14H,5-6H2,(H,15,16)/t8-,11-/m1/s1. The van der Waals surface area contributed by atoms with Crippen molar-refractivity contribution in [3.63, 3.8) is 0 Å². The maximum Gasteiger partial charge on any atom is 0.405 e. The molecule has 0 aromatic heterocycles. The SMILES string of the molecule is O=C(O)N[C@@]1(c2cccc([N+](=O)[O-])c2)C[C@@H]1CO. The zero-order chi connectivity index (χ0) is 13.3.